The van der Waals surface area contributed by atoms with Crippen LogP contribution in [0.3, 0.4) is 0 Å². The van der Waals surface area contributed by atoms with Crippen molar-refractivity contribution in [1.29, 1.82) is 0 Å². The molecule has 0 spiro atoms. The third-order valence-electron chi connectivity index (χ3n) is 5.39. The van der Waals surface area contributed by atoms with Crippen LogP contribution >= 0.6 is 46.4 Å². The van der Waals surface area contributed by atoms with Gasteiger partial charge in [0.2, 0.25) is 5.95 Å². The van der Waals surface area contributed by atoms with E-state index in [0.29, 0.717) is 44.5 Å². The highest BCUT2D eigenvalue weighted by atomic mass is 35.5. The summed E-state index contributed by atoms with van der Waals surface area (Å²) >= 11 is 24.8. The summed E-state index contributed by atoms with van der Waals surface area (Å²) in [6.45, 7) is 0.735. The second-order valence-electron chi connectivity index (χ2n) is 7.52. The smallest absolute Gasteiger partial charge is 0.332 e. The molecule has 0 saturated heterocycles. The molecule has 2 aromatic carbocycles. The van der Waals surface area contributed by atoms with Crippen LogP contribution in [0.15, 0.2) is 46.0 Å². The van der Waals surface area contributed by atoms with Gasteiger partial charge in [-0.05, 0) is 41.8 Å². The Hall–Kier alpha value is -2.45. The zero-order chi connectivity index (χ0) is 23.9. The number of halogens is 4. The lowest BCUT2D eigenvalue weighted by Gasteiger charge is -2.12. The van der Waals surface area contributed by atoms with E-state index in [-0.39, 0.29) is 12.2 Å². The van der Waals surface area contributed by atoms with Crippen LogP contribution in [0.1, 0.15) is 11.1 Å². The highest BCUT2D eigenvalue weighted by Crippen LogP contribution is 2.26. The summed E-state index contributed by atoms with van der Waals surface area (Å²) in [7, 11) is 3.01. The van der Waals surface area contributed by atoms with Crippen molar-refractivity contribution in [2.45, 2.75) is 13.0 Å². The fraction of sp³-hybridized carbons (Fsp3) is 0.227. The fourth-order valence-electron chi connectivity index (χ4n) is 3.63. The fourth-order valence-corrected chi connectivity index (χ4v) is 4.53. The van der Waals surface area contributed by atoms with Gasteiger partial charge in [-0.15, -0.1) is 0 Å². The van der Waals surface area contributed by atoms with E-state index in [4.69, 9.17) is 46.4 Å². The molecule has 2 heterocycles. The lowest BCUT2D eigenvalue weighted by molar-refractivity contribution is 0.702. The normalized spacial score (nSPS) is 11.3. The van der Waals surface area contributed by atoms with E-state index in [1.54, 1.807) is 41.9 Å². The van der Waals surface area contributed by atoms with Gasteiger partial charge in [0.05, 0.1) is 16.6 Å². The number of rotatable bonds is 6. The van der Waals surface area contributed by atoms with E-state index in [9.17, 15) is 9.59 Å². The first-order valence-corrected chi connectivity index (χ1v) is 11.5. The van der Waals surface area contributed by atoms with Crippen molar-refractivity contribution in [2.75, 3.05) is 11.9 Å². The van der Waals surface area contributed by atoms with Crippen LogP contribution in [0, 0.1) is 0 Å². The standard InChI is InChI=1S/C22H19Cl4N5O2/c1-29-19-18(20(32)30(2)22(29)33)31(11-12-6-7-16(25)17(26)10-12)21(28-19)27-9-8-13-14(23)4-3-5-15(13)24/h3-7,10H,8-9,11H2,1-2H3,(H,27,28). The third kappa shape index (κ3) is 4.51. The van der Waals surface area contributed by atoms with Crippen LogP contribution in [-0.2, 0) is 27.1 Å². The summed E-state index contributed by atoms with van der Waals surface area (Å²) in [5, 5.41) is 5.24. The molecule has 0 saturated carbocycles. The SMILES string of the molecule is Cn1c(=O)c2c(nc(NCCc3c(Cl)cccc3Cl)n2Cc2ccc(Cl)c(Cl)c2)n(C)c1=O. The maximum atomic E-state index is 13.0. The minimum absolute atomic E-state index is 0.279. The molecule has 0 fully saturated rings. The van der Waals surface area contributed by atoms with Crippen molar-refractivity contribution in [1.82, 2.24) is 18.7 Å². The van der Waals surface area contributed by atoms with Crippen molar-refractivity contribution in [3.05, 3.63) is 88.5 Å². The molecule has 4 rings (SSSR count). The Labute approximate surface area is 209 Å². The van der Waals surface area contributed by atoms with Crippen molar-refractivity contribution < 1.29 is 0 Å². The molecular formula is C22H19Cl4N5O2. The van der Waals surface area contributed by atoms with Gasteiger partial charge in [-0.1, -0.05) is 58.5 Å². The minimum atomic E-state index is -0.457. The van der Waals surface area contributed by atoms with Gasteiger partial charge in [-0.25, -0.2) is 4.79 Å². The molecular weight excluding hydrogens is 508 g/mol. The molecule has 0 unspecified atom stereocenters. The van der Waals surface area contributed by atoms with E-state index in [1.807, 2.05) is 6.07 Å². The molecule has 0 bridgehead atoms. The lowest BCUT2D eigenvalue weighted by Crippen LogP contribution is -2.37. The van der Waals surface area contributed by atoms with Crippen LogP contribution < -0.4 is 16.6 Å². The second kappa shape index (κ2) is 9.43. The van der Waals surface area contributed by atoms with E-state index in [0.717, 1.165) is 15.7 Å². The molecule has 0 aliphatic rings. The Bertz CT molecular complexity index is 1470. The molecule has 0 atom stereocenters. The highest BCUT2D eigenvalue weighted by Gasteiger charge is 2.19. The van der Waals surface area contributed by atoms with Gasteiger partial charge >= 0.3 is 5.69 Å². The molecule has 11 heteroatoms. The number of aromatic nitrogens is 4. The van der Waals surface area contributed by atoms with Gasteiger partial charge in [-0.3, -0.25) is 18.5 Å². The average molecular weight is 527 g/mol. The van der Waals surface area contributed by atoms with Crippen molar-refractivity contribution in [3.63, 3.8) is 0 Å². The number of aryl methyl sites for hydroxylation is 1. The molecule has 0 radical (unpaired) electrons. The third-order valence-corrected chi connectivity index (χ3v) is 6.84. The molecule has 0 amide bonds. The molecule has 0 aliphatic heterocycles. The highest BCUT2D eigenvalue weighted by molar-refractivity contribution is 6.42. The Kier molecular flexibility index (Phi) is 6.77. The molecule has 2 aromatic heterocycles. The molecule has 1 N–H and O–H groups in total. The first kappa shape index (κ1) is 23.7. The summed E-state index contributed by atoms with van der Waals surface area (Å²) in [5.41, 5.74) is 1.30. The van der Waals surface area contributed by atoms with Crippen molar-refractivity contribution in [3.8, 4) is 0 Å². The number of hydrogen-bond acceptors (Lipinski definition) is 4. The number of nitrogens with one attached hydrogen (secondary N) is 1. The number of fused-ring (bicyclic) bond motifs is 1. The number of benzene rings is 2. The summed E-state index contributed by atoms with van der Waals surface area (Å²) < 4.78 is 4.13. The van der Waals surface area contributed by atoms with Gasteiger partial charge < -0.3 is 5.32 Å². The topological polar surface area (TPSA) is 73.8 Å². The zero-order valence-electron chi connectivity index (χ0n) is 17.7. The second-order valence-corrected chi connectivity index (χ2v) is 9.15. The maximum Gasteiger partial charge on any atom is 0.332 e. The van der Waals surface area contributed by atoms with E-state index in [2.05, 4.69) is 10.3 Å². The van der Waals surface area contributed by atoms with Crippen LogP contribution in [0.4, 0.5) is 5.95 Å². The average Bonchev–Trinajstić information content (AvgIpc) is 3.13. The van der Waals surface area contributed by atoms with Gasteiger partial charge in [-0.2, -0.15) is 4.98 Å². The Balaban J connectivity index is 1.77. The first-order chi connectivity index (χ1) is 15.7. The Morgan fingerprint density at radius 1 is 0.909 bits per heavy atom. The van der Waals surface area contributed by atoms with Crippen LogP contribution in [0.25, 0.3) is 11.2 Å². The predicted octanol–water partition coefficient (Wildman–Crippen LogP) is 4.75. The van der Waals surface area contributed by atoms with Crippen LogP contribution in [0.2, 0.25) is 20.1 Å². The lowest BCUT2D eigenvalue weighted by atomic mass is 10.1. The zero-order valence-corrected chi connectivity index (χ0v) is 20.7. The van der Waals surface area contributed by atoms with Gasteiger partial charge in [0.15, 0.2) is 11.2 Å². The summed E-state index contributed by atoms with van der Waals surface area (Å²) in [6.07, 6.45) is 0.533. The summed E-state index contributed by atoms with van der Waals surface area (Å²) in [5.74, 6) is 0.428. The van der Waals surface area contributed by atoms with Gasteiger partial charge in [0.25, 0.3) is 5.56 Å². The first-order valence-electron chi connectivity index (χ1n) is 9.96. The number of anilines is 1. The molecule has 7 nitrogen and oxygen atoms in total. The van der Waals surface area contributed by atoms with E-state index >= 15 is 0 Å². The van der Waals surface area contributed by atoms with Crippen LogP contribution in [-0.4, -0.2) is 25.2 Å². The van der Waals surface area contributed by atoms with Gasteiger partial charge in [0.1, 0.15) is 0 Å². The van der Waals surface area contributed by atoms with Crippen molar-refractivity contribution in [2.24, 2.45) is 14.1 Å². The maximum absolute atomic E-state index is 13.0. The van der Waals surface area contributed by atoms with Gasteiger partial charge in [0, 0.05) is 30.7 Å². The van der Waals surface area contributed by atoms with Crippen LogP contribution in [0.5, 0.6) is 0 Å². The van der Waals surface area contributed by atoms with E-state index < -0.39 is 11.2 Å². The molecule has 0 aliphatic carbocycles. The quantitative estimate of drug-likeness (QED) is 0.393. The molecule has 4 aromatic rings. The Morgan fingerprint density at radius 2 is 1.61 bits per heavy atom. The monoisotopic (exact) mass is 525 g/mol. The summed E-state index contributed by atoms with van der Waals surface area (Å²) in [6, 6.07) is 10.6. The predicted molar refractivity (Wildman–Crippen MR) is 134 cm³/mol. The summed E-state index contributed by atoms with van der Waals surface area (Å²) in [4.78, 5) is 30.0. The molecule has 172 valence electrons. The van der Waals surface area contributed by atoms with Crippen molar-refractivity contribution >= 4 is 63.5 Å². The molecule has 33 heavy (non-hydrogen) atoms. The number of imidazole rings is 1. The number of nitrogens with zero attached hydrogens (tertiary/aromatic N) is 4. The number of hydrogen-bond donors (Lipinski definition) is 1. The Morgan fingerprint density at radius 3 is 2.27 bits per heavy atom. The largest absolute Gasteiger partial charge is 0.355 e. The minimum Gasteiger partial charge on any atom is -0.355 e. The van der Waals surface area contributed by atoms with E-state index in [1.165, 1.54) is 11.6 Å².